The van der Waals surface area contributed by atoms with Crippen LogP contribution in [0.3, 0.4) is 0 Å². The van der Waals surface area contributed by atoms with E-state index in [-0.39, 0.29) is 0 Å². The maximum absolute atomic E-state index is 2.60. The monoisotopic (exact) mass is 279 g/mol. The zero-order valence-corrected chi connectivity index (χ0v) is 13.6. The van der Waals surface area contributed by atoms with Crippen LogP contribution in [-0.2, 0) is 0 Å². The molecule has 0 amide bonds. The lowest BCUT2D eigenvalue weighted by Gasteiger charge is -2.28. The fourth-order valence-electron chi connectivity index (χ4n) is 3.22. The Balaban J connectivity index is 2.32. The van der Waals surface area contributed by atoms with Gasteiger partial charge in [-0.25, -0.2) is 0 Å². The number of aromatic nitrogens is 1. The highest BCUT2D eigenvalue weighted by atomic mass is 28.3. The van der Waals surface area contributed by atoms with Gasteiger partial charge in [0, 0.05) is 16.6 Å². The second-order valence-corrected chi connectivity index (χ2v) is 10.1. The Morgan fingerprint density at radius 3 is 2.10 bits per heavy atom. The Labute approximate surface area is 122 Å². The average Bonchev–Trinajstić information content (AvgIpc) is 2.73. The maximum atomic E-state index is 2.60. The number of fused-ring (bicyclic) bond motifs is 1. The lowest BCUT2D eigenvalue weighted by molar-refractivity contribution is 1.11. The van der Waals surface area contributed by atoms with Gasteiger partial charge in [-0.3, -0.25) is 0 Å². The zero-order chi connectivity index (χ0) is 14.3. The van der Waals surface area contributed by atoms with Gasteiger partial charge in [-0.05, 0) is 43.8 Å². The van der Waals surface area contributed by atoms with Crippen molar-refractivity contribution in [2.75, 3.05) is 0 Å². The standard InChI is InChI=1S/C18H21NSi/c1-14-15(2)19(18-13-9-8-12-17(14)18)20(3,4)16-10-6-5-7-11-16/h5-13H,1-4H3. The van der Waals surface area contributed by atoms with Crippen molar-refractivity contribution >= 4 is 24.3 Å². The summed E-state index contributed by atoms with van der Waals surface area (Å²) in [6.45, 7) is 9.36. The number of hydrogen-bond acceptors (Lipinski definition) is 0. The molecule has 0 aliphatic rings. The van der Waals surface area contributed by atoms with E-state index in [2.05, 4.69) is 85.8 Å². The van der Waals surface area contributed by atoms with Crippen molar-refractivity contribution in [3.63, 3.8) is 0 Å². The van der Waals surface area contributed by atoms with Crippen molar-refractivity contribution in [2.45, 2.75) is 26.9 Å². The quantitative estimate of drug-likeness (QED) is 0.619. The fourth-order valence-corrected chi connectivity index (χ4v) is 6.29. The smallest absolute Gasteiger partial charge is 0.187 e. The largest absolute Gasteiger partial charge is 0.367 e. The van der Waals surface area contributed by atoms with Gasteiger partial charge in [0.1, 0.15) is 0 Å². The van der Waals surface area contributed by atoms with Crippen molar-refractivity contribution in [3.05, 3.63) is 65.9 Å². The minimum atomic E-state index is -1.73. The summed E-state index contributed by atoms with van der Waals surface area (Å²) in [4.78, 5) is 0. The van der Waals surface area contributed by atoms with Gasteiger partial charge >= 0.3 is 0 Å². The van der Waals surface area contributed by atoms with Gasteiger partial charge in [0.25, 0.3) is 0 Å². The topological polar surface area (TPSA) is 4.93 Å². The van der Waals surface area contributed by atoms with Crippen molar-refractivity contribution in [1.29, 1.82) is 0 Å². The lowest BCUT2D eigenvalue weighted by Crippen LogP contribution is -2.49. The first kappa shape index (κ1) is 13.2. The highest BCUT2D eigenvalue weighted by Crippen LogP contribution is 2.28. The molecule has 0 saturated heterocycles. The maximum Gasteiger partial charge on any atom is 0.187 e. The molecule has 102 valence electrons. The molecule has 0 fully saturated rings. The molecule has 0 radical (unpaired) electrons. The van der Waals surface area contributed by atoms with Crippen molar-refractivity contribution in [1.82, 2.24) is 4.23 Å². The summed E-state index contributed by atoms with van der Waals surface area (Å²) >= 11 is 0. The van der Waals surface area contributed by atoms with Crippen LogP contribution < -0.4 is 5.19 Å². The van der Waals surface area contributed by atoms with E-state index in [0.717, 1.165) is 0 Å². The number of rotatable bonds is 2. The van der Waals surface area contributed by atoms with Gasteiger partial charge in [0.2, 0.25) is 0 Å². The predicted octanol–water partition coefficient (Wildman–Crippen LogP) is 4.22. The summed E-state index contributed by atoms with van der Waals surface area (Å²) in [5.41, 5.74) is 4.20. The van der Waals surface area contributed by atoms with Crippen LogP contribution in [0.2, 0.25) is 13.1 Å². The van der Waals surface area contributed by atoms with E-state index in [9.17, 15) is 0 Å². The van der Waals surface area contributed by atoms with Gasteiger partial charge < -0.3 is 4.23 Å². The van der Waals surface area contributed by atoms with Crippen LogP contribution in [-0.4, -0.2) is 12.5 Å². The van der Waals surface area contributed by atoms with E-state index in [1.807, 2.05) is 0 Å². The average molecular weight is 279 g/mol. The Kier molecular flexibility index (Phi) is 3.06. The summed E-state index contributed by atoms with van der Waals surface area (Å²) in [6.07, 6.45) is 0. The number of nitrogens with zero attached hydrogens (tertiary/aromatic N) is 1. The zero-order valence-electron chi connectivity index (χ0n) is 12.6. The third-order valence-corrected chi connectivity index (χ3v) is 7.91. The van der Waals surface area contributed by atoms with Crippen molar-refractivity contribution < 1.29 is 0 Å². The van der Waals surface area contributed by atoms with Crippen LogP contribution >= 0.6 is 0 Å². The molecule has 2 aromatic carbocycles. The van der Waals surface area contributed by atoms with Crippen molar-refractivity contribution in [2.24, 2.45) is 0 Å². The first-order chi connectivity index (χ1) is 9.53. The van der Waals surface area contributed by atoms with Gasteiger partial charge in [-0.15, -0.1) is 0 Å². The van der Waals surface area contributed by atoms with Gasteiger partial charge in [0.15, 0.2) is 8.24 Å². The molecule has 0 spiro atoms. The first-order valence-electron chi connectivity index (χ1n) is 7.16. The van der Waals surface area contributed by atoms with E-state index in [1.54, 1.807) is 0 Å². The molecular formula is C18H21NSi. The molecule has 3 aromatic rings. The molecule has 0 saturated carbocycles. The van der Waals surface area contributed by atoms with E-state index in [4.69, 9.17) is 0 Å². The minimum Gasteiger partial charge on any atom is -0.367 e. The van der Waals surface area contributed by atoms with E-state index in [0.29, 0.717) is 0 Å². The normalized spacial score (nSPS) is 12.0. The summed E-state index contributed by atoms with van der Waals surface area (Å²) in [5, 5.41) is 2.87. The molecule has 0 N–H and O–H groups in total. The van der Waals surface area contributed by atoms with Gasteiger partial charge in [0.05, 0.1) is 0 Å². The number of benzene rings is 2. The van der Waals surface area contributed by atoms with E-state index in [1.165, 1.54) is 27.3 Å². The first-order valence-corrected chi connectivity index (χ1v) is 10.1. The Hall–Kier alpha value is -1.80. The molecule has 0 atom stereocenters. The van der Waals surface area contributed by atoms with Crippen LogP contribution in [0, 0.1) is 13.8 Å². The van der Waals surface area contributed by atoms with E-state index < -0.39 is 8.24 Å². The molecule has 0 unspecified atom stereocenters. The predicted molar refractivity (Wildman–Crippen MR) is 90.4 cm³/mol. The second-order valence-electron chi connectivity index (χ2n) is 5.99. The fraction of sp³-hybridized carbons (Fsp3) is 0.222. The van der Waals surface area contributed by atoms with Crippen LogP contribution in [0.4, 0.5) is 0 Å². The third kappa shape index (κ3) is 1.83. The van der Waals surface area contributed by atoms with E-state index >= 15 is 0 Å². The van der Waals surface area contributed by atoms with Crippen molar-refractivity contribution in [3.8, 4) is 0 Å². The van der Waals surface area contributed by atoms with Gasteiger partial charge in [-0.2, -0.15) is 0 Å². The van der Waals surface area contributed by atoms with Crippen LogP contribution in [0.15, 0.2) is 54.6 Å². The summed E-state index contributed by atoms with van der Waals surface area (Å²) < 4.78 is 2.60. The second kappa shape index (κ2) is 4.64. The van der Waals surface area contributed by atoms with Crippen LogP contribution in [0.25, 0.3) is 10.9 Å². The number of para-hydroxylation sites is 1. The molecule has 20 heavy (non-hydrogen) atoms. The molecule has 1 nitrogen and oxygen atoms in total. The number of aryl methyl sites for hydroxylation is 1. The lowest BCUT2D eigenvalue weighted by atomic mass is 10.2. The van der Waals surface area contributed by atoms with Crippen LogP contribution in [0.5, 0.6) is 0 Å². The molecule has 1 aromatic heterocycles. The molecule has 0 aliphatic heterocycles. The summed E-state index contributed by atoms with van der Waals surface area (Å²) in [6, 6.07) is 19.7. The number of hydrogen-bond donors (Lipinski definition) is 0. The SMILES string of the molecule is Cc1c(C)n([Si](C)(C)c2ccccc2)c2ccccc12. The molecule has 1 heterocycles. The molecule has 0 bridgehead atoms. The Morgan fingerprint density at radius 2 is 1.40 bits per heavy atom. The van der Waals surface area contributed by atoms with Gasteiger partial charge in [-0.1, -0.05) is 48.5 Å². The molecular weight excluding hydrogens is 258 g/mol. The highest BCUT2D eigenvalue weighted by molar-refractivity contribution is 6.89. The molecule has 2 heteroatoms. The Bertz CT molecular complexity index is 754. The minimum absolute atomic E-state index is 1.38. The Morgan fingerprint density at radius 1 is 0.800 bits per heavy atom. The third-order valence-electron chi connectivity index (χ3n) is 4.47. The molecule has 0 aliphatic carbocycles. The highest BCUT2D eigenvalue weighted by Gasteiger charge is 2.29. The van der Waals surface area contributed by atoms with Crippen LogP contribution in [0.1, 0.15) is 11.3 Å². The molecule has 3 rings (SSSR count). The summed E-state index contributed by atoms with van der Waals surface area (Å²) in [5.74, 6) is 0. The summed E-state index contributed by atoms with van der Waals surface area (Å²) in [7, 11) is -1.73.